The van der Waals surface area contributed by atoms with Gasteiger partial charge in [-0.05, 0) is 31.0 Å². The number of hydrogen-bond donors (Lipinski definition) is 1. The normalized spacial score (nSPS) is 18.1. The molecule has 1 N–H and O–H groups in total. The molecule has 1 atom stereocenters. The van der Waals surface area contributed by atoms with Crippen molar-refractivity contribution in [2.45, 2.75) is 13.3 Å². The summed E-state index contributed by atoms with van der Waals surface area (Å²) in [6.07, 6.45) is 0.738. The Labute approximate surface area is 111 Å². The van der Waals surface area contributed by atoms with Crippen LogP contribution in [-0.4, -0.2) is 32.2 Å². The van der Waals surface area contributed by atoms with Crippen molar-refractivity contribution in [2.75, 3.05) is 25.6 Å². The third-order valence-electron chi connectivity index (χ3n) is 3.22. The van der Waals surface area contributed by atoms with Gasteiger partial charge in [-0.25, -0.2) is 4.79 Å². The summed E-state index contributed by atoms with van der Waals surface area (Å²) in [5.41, 5.74) is 1.96. The summed E-state index contributed by atoms with van der Waals surface area (Å²) in [6, 6.07) is 5.09. The fourth-order valence-electron chi connectivity index (χ4n) is 1.98. The predicted octanol–water partition coefficient (Wildman–Crippen LogP) is 1.76. The number of benzene rings is 1. The van der Waals surface area contributed by atoms with E-state index in [0.29, 0.717) is 24.5 Å². The highest BCUT2D eigenvalue weighted by Gasteiger charge is 2.24. The molecule has 0 spiro atoms. The molecular formula is C14H17NO4. The minimum Gasteiger partial charge on any atom is -0.465 e. The van der Waals surface area contributed by atoms with Crippen LogP contribution in [0, 0.1) is 12.8 Å². The number of aryl methyl sites for hydroxylation is 1. The van der Waals surface area contributed by atoms with Crippen LogP contribution in [0.4, 0.5) is 5.69 Å². The van der Waals surface area contributed by atoms with E-state index in [1.807, 2.05) is 6.92 Å². The van der Waals surface area contributed by atoms with Gasteiger partial charge in [-0.1, -0.05) is 6.07 Å². The van der Waals surface area contributed by atoms with Crippen LogP contribution in [0.1, 0.15) is 22.3 Å². The van der Waals surface area contributed by atoms with Gasteiger partial charge >= 0.3 is 5.97 Å². The number of carbonyl (C=O) groups excluding carboxylic acids is 2. The quantitative estimate of drug-likeness (QED) is 0.844. The molecule has 102 valence electrons. The molecule has 0 bridgehead atoms. The second-order valence-electron chi connectivity index (χ2n) is 4.57. The summed E-state index contributed by atoms with van der Waals surface area (Å²) < 4.78 is 9.85. The van der Waals surface area contributed by atoms with Crippen LogP contribution in [-0.2, 0) is 14.3 Å². The molecule has 0 aromatic heterocycles. The largest absolute Gasteiger partial charge is 0.465 e. The van der Waals surface area contributed by atoms with Crippen LogP contribution in [0.5, 0.6) is 0 Å². The summed E-state index contributed by atoms with van der Waals surface area (Å²) in [4.78, 5) is 23.5. The van der Waals surface area contributed by atoms with E-state index in [-0.39, 0.29) is 11.8 Å². The van der Waals surface area contributed by atoms with Crippen molar-refractivity contribution >= 4 is 17.6 Å². The number of carbonyl (C=O) groups is 2. The Morgan fingerprint density at radius 1 is 1.42 bits per heavy atom. The van der Waals surface area contributed by atoms with Crippen molar-refractivity contribution in [3.05, 3.63) is 29.3 Å². The zero-order chi connectivity index (χ0) is 13.8. The Balaban J connectivity index is 2.14. The van der Waals surface area contributed by atoms with Gasteiger partial charge < -0.3 is 14.8 Å². The van der Waals surface area contributed by atoms with Crippen LogP contribution in [0.2, 0.25) is 0 Å². The molecule has 5 heteroatoms. The molecule has 0 radical (unpaired) electrons. The number of hydrogen-bond acceptors (Lipinski definition) is 4. The maximum Gasteiger partial charge on any atom is 0.337 e. The molecule has 1 amide bonds. The molecule has 1 unspecified atom stereocenters. The number of nitrogens with one attached hydrogen (secondary N) is 1. The maximum absolute atomic E-state index is 12.0. The molecule has 0 saturated carbocycles. The molecule has 5 nitrogen and oxygen atoms in total. The van der Waals surface area contributed by atoms with E-state index in [0.717, 1.165) is 12.0 Å². The van der Waals surface area contributed by atoms with Crippen molar-refractivity contribution in [1.82, 2.24) is 0 Å². The van der Waals surface area contributed by atoms with Gasteiger partial charge in [0.05, 0.1) is 25.2 Å². The smallest absolute Gasteiger partial charge is 0.337 e. The maximum atomic E-state index is 12.0. The first-order valence-electron chi connectivity index (χ1n) is 6.19. The summed E-state index contributed by atoms with van der Waals surface area (Å²) in [5, 5.41) is 2.84. The number of esters is 1. The van der Waals surface area contributed by atoms with Crippen molar-refractivity contribution in [3.8, 4) is 0 Å². The third kappa shape index (κ3) is 3.12. The molecule has 0 aliphatic carbocycles. The first-order valence-corrected chi connectivity index (χ1v) is 6.19. The highest BCUT2D eigenvalue weighted by molar-refractivity contribution is 5.96. The minimum atomic E-state index is -0.417. The lowest BCUT2D eigenvalue weighted by molar-refractivity contribution is -0.119. The van der Waals surface area contributed by atoms with Crippen LogP contribution in [0.3, 0.4) is 0 Å². The molecule has 1 aromatic carbocycles. The van der Waals surface area contributed by atoms with Gasteiger partial charge in [0.2, 0.25) is 5.91 Å². The van der Waals surface area contributed by atoms with E-state index in [4.69, 9.17) is 4.74 Å². The molecule has 1 saturated heterocycles. The average Bonchev–Trinajstić information content (AvgIpc) is 2.94. The van der Waals surface area contributed by atoms with E-state index in [1.54, 1.807) is 18.2 Å². The van der Waals surface area contributed by atoms with Crippen molar-refractivity contribution in [1.29, 1.82) is 0 Å². The SMILES string of the molecule is COC(=O)c1ccc(C)c(NC(=O)C2CCOC2)c1. The molecule has 1 aliphatic heterocycles. The van der Waals surface area contributed by atoms with E-state index in [2.05, 4.69) is 10.1 Å². The van der Waals surface area contributed by atoms with Crippen LogP contribution in [0.15, 0.2) is 18.2 Å². The van der Waals surface area contributed by atoms with Gasteiger partial charge in [0, 0.05) is 12.3 Å². The summed E-state index contributed by atoms with van der Waals surface area (Å²) in [6.45, 7) is 2.96. The van der Waals surface area contributed by atoms with Gasteiger partial charge in [-0.15, -0.1) is 0 Å². The monoisotopic (exact) mass is 263 g/mol. The third-order valence-corrected chi connectivity index (χ3v) is 3.22. The Morgan fingerprint density at radius 2 is 2.21 bits per heavy atom. The second kappa shape index (κ2) is 5.84. The topological polar surface area (TPSA) is 64.6 Å². The van der Waals surface area contributed by atoms with E-state index >= 15 is 0 Å². The van der Waals surface area contributed by atoms with E-state index in [1.165, 1.54) is 7.11 Å². The zero-order valence-electron chi connectivity index (χ0n) is 11.1. The predicted molar refractivity (Wildman–Crippen MR) is 70.1 cm³/mol. The van der Waals surface area contributed by atoms with Crippen LogP contribution >= 0.6 is 0 Å². The lowest BCUT2D eigenvalue weighted by Crippen LogP contribution is -2.23. The summed E-state index contributed by atoms with van der Waals surface area (Å²) in [7, 11) is 1.33. The minimum absolute atomic E-state index is 0.0670. The van der Waals surface area contributed by atoms with Gasteiger partial charge in [0.15, 0.2) is 0 Å². The Kier molecular flexibility index (Phi) is 4.16. The van der Waals surface area contributed by atoms with Crippen LogP contribution < -0.4 is 5.32 Å². The molecule has 19 heavy (non-hydrogen) atoms. The average molecular weight is 263 g/mol. The fraction of sp³-hybridized carbons (Fsp3) is 0.429. The molecule has 1 aliphatic rings. The molecular weight excluding hydrogens is 246 g/mol. The van der Waals surface area contributed by atoms with Crippen molar-refractivity contribution < 1.29 is 19.1 Å². The van der Waals surface area contributed by atoms with Crippen molar-refractivity contribution in [2.24, 2.45) is 5.92 Å². The number of anilines is 1. The highest BCUT2D eigenvalue weighted by Crippen LogP contribution is 2.20. The lowest BCUT2D eigenvalue weighted by Gasteiger charge is -2.12. The molecule has 1 aromatic rings. The Hall–Kier alpha value is -1.88. The van der Waals surface area contributed by atoms with Crippen molar-refractivity contribution in [3.63, 3.8) is 0 Å². The molecule has 2 rings (SSSR count). The fourth-order valence-corrected chi connectivity index (χ4v) is 1.98. The first kappa shape index (κ1) is 13.5. The molecule has 1 fully saturated rings. The lowest BCUT2D eigenvalue weighted by atomic mass is 10.1. The number of methoxy groups -OCH3 is 1. The highest BCUT2D eigenvalue weighted by atomic mass is 16.5. The number of amides is 1. The van der Waals surface area contributed by atoms with E-state index in [9.17, 15) is 9.59 Å². The van der Waals surface area contributed by atoms with E-state index < -0.39 is 5.97 Å². The van der Waals surface area contributed by atoms with Gasteiger partial charge in [0.1, 0.15) is 0 Å². The standard InChI is InChI=1S/C14H17NO4/c1-9-3-4-10(14(17)18-2)7-12(9)15-13(16)11-5-6-19-8-11/h3-4,7,11H,5-6,8H2,1-2H3,(H,15,16). The van der Waals surface area contributed by atoms with Crippen LogP contribution in [0.25, 0.3) is 0 Å². The summed E-state index contributed by atoms with van der Waals surface area (Å²) in [5.74, 6) is -0.594. The number of ether oxygens (including phenoxy) is 2. The van der Waals surface area contributed by atoms with Gasteiger partial charge in [-0.3, -0.25) is 4.79 Å². The first-order chi connectivity index (χ1) is 9.11. The van der Waals surface area contributed by atoms with Gasteiger partial charge in [0.25, 0.3) is 0 Å². The Morgan fingerprint density at radius 3 is 2.84 bits per heavy atom. The number of rotatable bonds is 3. The molecule has 1 heterocycles. The summed E-state index contributed by atoms with van der Waals surface area (Å²) >= 11 is 0. The van der Waals surface area contributed by atoms with Gasteiger partial charge in [-0.2, -0.15) is 0 Å². The second-order valence-corrected chi connectivity index (χ2v) is 4.57. The zero-order valence-corrected chi connectivity index (χ0v) is 11.1. The Bertz CT molecular complexity index is 492.